The number of likely N-dealkylation sites (tertiary alicyclic amines) is 1. The molecule has 326 valence electrons. The molecule has 0 aliphatic carbocycles. The van der Waals surface area contributed by atoms with Gasteiger partial charge < -0.3 is 15.3 Å². The average Bonchev–Trinajstić information content (AvgIpc) is 3.78. The second-order valence-corrected chi connectivity index (χ2v) is 18.9. The van der Waals surface area contributed by atoms with E-state index in [-0.39, 0.29) is 22.4 Å². The minimum absolute atomic E-state index is 0.0557. The molecule has 2 aliphatic heterocycles. The number of fused-ring (bicyclic) bond motifs is 1. The number of nitro groups is 1. The number of nitrogens with one attached hydrogen (secondary N) is 2. The predicted octanol–water partition coefficient (Wildman–Crippen LogP) is 8.49. The summed E-state index contributed by atoms with van der Waals surface area (Å²) >= 11 is 7.72. The van der Waals surface area contributed by atoms with Crippen molar-refractivity contribution in [1.29, 1.82) is 0 Å². The van der Waals surface area contributed by atoms with E-state index < -0.39 is 32.6 Å². The maximum absolute atomic E-state index is 13.8. The Hall–Kier alpha value is -5.78. The van der Waals surface area contributed by atoms with Crippen molar-refractivity contribution >= 4 is 73.1 Å². The summed E-state index contributed by atoms with van der Waals surface area (Å²) < 4.78 is 30.2. The normalized spacial score (nSPS) is 16.5. The van der Waals surface area contributed by atoms with Crippen molar-refractivity contribution in [2.75, 3.05) is 60.0 Å². The minimum Gasteiger partial charge on any atom is -0.480 e. The van der Waals surface area contributed by atoms with Crippen molar-refractivity contribution in [1.82, 2.24) is 19.8 Å². The summed E-state index contributed by atoms with van der Waals surface area (Å²) in [6.07, 6.45) is 3.18. The Morgan fingerprint density at radius 1 is 0.921 bits per heavy atom. The molecule has 6 aromatic rings. The van der Waals surface area contributed by atoms with Crippen LogP contribution < -0.4 is 14.9 Å². The lowest BCUT2D eigenvalue weighted by Crippen LogP contribution is -2.46. The molecule has 0 bridgehead atoms. The van der Waals surface area contributed by atoms with Gasteiger partial charge in [-0.05, 0) is 97.1 Å². The number of hydrogen-bond acceptors (Lipinski definition) is 12. The van der Waals surface area contributed by atoms with Gasteiger partial charge in [-0.25, -0.2) is 18.4 Å². The molecule has 2 atom stereocenters. The Morgan fingerprint density at radius 3 is 2.44 bits per heavy atom. The molecule has 0 amide bonds. The molecule has 63 heavy (non-hydrogen) atoms. The quantitative estimate of drug-likeness (QED) is 0.0452. The molecule has 17 heteroatoms. The SMILES string of the molecule is O=C(O)[C@H]1CCCN1CC[C@H](CSc1ccccc1)Nc1ccc(S(=O)(=O)Nc2ncnc3cc(N4CCN(Cc5ccccc5-c5ccc(Cl)cc5)CC4)ccc23)cc1[N+](=O)[O-]. The molecular formula is C46H47ClN8O6S2. The number of halogens is 1. The van der Waals surface area contributed by atoms with Crippen LogP contribution in [0.5, 0.6) is 0 Å². The fraction of sp³-hybridized carbons (Fsp3) is 0.283. The van der Waals surface area contributed by atoms with Crippen molar-refractivity contribution in [2.45, 2.75) is 47.7 Å². The van der Waals surface area contributed by atoms with E-state index >= 15 is 0 Å². The summed E-state index contributed by atoms with van der Waals surface area (Å²) in [5, 5.41) is 26.6. The molecule has 0 unspecified atom stereocenters. The highest BCUT2D eigenvalue weighted by atomic mass is 35.5. The Bertz CT molecular complexity index is 2690. The fourth-order valence-corrected chi connectivity index (χ4v) is 10.4. The van der Waals surface area contributed by atoms with Gasteiger partial charge in [0.1, 0.15) is 18.1 Å². The minimum atomic E-state index is -4.33. The van der Waals surface area contributed by atoms with Gasteiger partial charge in [0, 0.05) is 78.1 Å². The highest BCUT2D eigenvalue weighted by Gasteiger charge is 2.31. The van der Waals surface area contributed by atoms with E-state index in [0.29, 0.717) is 47.6 Å². The second-order valence-electron chi connectivity index (χ2n) is 15.7. The number of carboxylic acid groups (broad SMARTS) is 1. The van der Waals surface area contributed by atoms with Crippen LogP contribution in [0, 0.1) is 10.1 Å². The molecule has 5 aromatic carbocycles. The number of nitrogens with zero attached hydrogens (tertiary/aromatic N) is 6. The van der Waals surface area contributed by atoms with E-state index in [0.717, 1.165) is 61.4 Å². The van der Waals surface area contributed by atoms with Gasteiger partial charge in [0.25, 0.3) is 15.7 Å². The summed E-state index contributed by atoms with van der Waals surface area (Å²) in [6.45, 7) is 5.24. The Labute approximate surface area is 375 Å². The number of thioether (sulfide) groups is 1. The van der Waals surface area contributed by atoms with Gasteiger partial charge >= 0.3 is 5.97 Å². The Balaban J connectivity index is 0.940. The molecule has 8 rings (SSSR count). The van der Waals surface area contributed by atoms with Crippen LogP contribution >= 0.6 is 23.4 Å². The lowest BCUT2D eigenvalue weighted by molar-refractivity contribution is -0.384. The van der Waals surface area contributed by atoms with Crippen LogP contribution in [0.25, 0.3) is 22.0 Å². The summed E-state index contributed by atoms with van der Waals surface area (Å²) in [4.78, 5) is 39.8. The molecule has 1 aromatic heterocycles. The molecular weight excluding hydrogens is 860 g/mol. The zero-order valence-electron chi connectivity index (χ0n) is 34.3. The summed E-state index contributed by atoms with van der Waals surface area (Å²) in [6, 6.07) is 34.6. The Morgan fingerprint density at radius 2 is 1.68 bits per heavy atom. The van der Waals surface area contributed by atoms with E-state index in [1.807, 2.05) is 71.6 Å². The maximum Gasteiger partial charge on any atom is 0.320 e. The van der Waals surface area contributed by atoms with E-state index in [9.17, 15) is 28.4 Å². The highest BCUT2D eigenvalue weighted by molar-refractivity contribution is 7.99. The number of carbonyl (C=O) groups is 1. The van der Waals surface area contributed by atoms with Crippen LogP contribution in [0.4, 0.5) is 22.9 Å². The van der Waals surface area contributed by atoms with Crippen LogP contribution in [0.3, 0.4) is 0 Å². The van der Waals surface area contributed by atoms with Gasteiger partial charge in [-0.1, -0.05) is 66.2 Å². The number of rotatable bonds is 17. The van der Waals surface area contributed by atoms with Crippen molar-refractivity contribution in [2.24, 2.45) is 0 Å². The standard InChI is InChI=1S/C46H47ClN8O6S2/c47-34-14-12-32(13-15-34)39-10-5-4-7-33(39)29-52-23-25-53(26-24-52)36-16-18-40-42(27-36)48-31-49-45(40)51-63(60,61)38-17-19-41(44(28-38)55(58)59)50-35(30-62-37-8-2-1-3-9-37)20-22-54-21-6-11-43(54)46(56)57/h1-5,7-10,12-19,27-28,31,35,43,50H,6,11,20-26,29-30H2,(H,56,57)(H,48,49,51)/t35-,43-/m1/s1. The third-order valence-electron chi connectivity index (χ3n) is 11.6. The summed E-state index contributed by atoms with van der Waals surface area (Å²) in [7, 11) is -4.33. The molecule has 3 N–H and O–H groups in total. The topological polar surface area (TPSA) is 174 Å². The highest BCUT2D eigenvalue weighted by Crippen LogP contribution is 2.33. The lowest BCUT2D eigenvalue weighted by Gasteiger charge is -2.36. The Kier molecular flexibility index (Phi) is 13.7. The molecule has 2 saturated heterocycles. The largest absolute Gasteiger partial charge is 0.480 e. The van der Waals surface area contributed by atoms with Gasteiger partial charge in [0.05, 0.1) is 15.3 Å². The molecule has 14 nitrogen and oxygen atoms in total. The predicted molar refractivity (Wildman–Crippen MR) is 249 cm³/mol. The molecule has 2 fully saturated rings. The maximum atomic E-state index is 13.8. The van der Waals surface area contributed by atoms with E-state index in [4.69, 9.17) is 11.6 Å². The fourth-order valence-electron chi connectivity index (χ4n) is 8.26. The number of benzene rings is 5. The number of piperazine rings is 1. The zero-order chi connectivity index (χ0) is 43.9. The van der Waals surface area contributed by atoms with Crippen LogP contribution in [0.2, 0.25) is 5.02 Å². The first-order chi connectivity index (χ1) is 30.5. The average molecular weight is 908 g/mol. The third-order valence-corrected chi connectivity index (χ3v) is 14.4. The first-order valence-corrected chi connectivity index (χ1v) is 23.6. The number of aliphatic carboxylic acids is 1. The monoisotopic (exact) mass is 906 g/mol. The van der Waals surface area contributed by atoms with Crippen LogP contribution in [0.1, 0.15) is 24.8 Å². The number of sulfonamides is 1. The number of carboxylic acids is 1. The number of hydrogen-bond donors (Lipinski definition) is 3. The zero-order valence-corrected chi connectivity index (χ0v) is 36.7. The molecule has 0 spiro atoms. The molecule has 3 heterocycles. The number of aromatic nitrogens is 2. The van der Waals surface area contributed by atoms with Crippen LogP contribution in [-0.4, -0.2) is 101 Å². The first-order valence-electron chi connectivity index (χ1n) is 20.8. The van der Waals surface area contributed by atoms with Gasteiger partial charge in [0.15, 0.2) is 5.82 Å². The molecule has 0 radical (unpaired) electrons. The second kappa shape index (κ2) is 19.7. The van der Waals surface area contributed by atoms with Gasteiger partial charge in [0.2, 0.25) is 0 Å². The van der Waals surface area contributed by atoms with E-state index in [2.05, 4.69) is 54.1 Å². The van der Waals surface area contributed by atoms with E-state index in [1.54, 1.807) is 17.8 Å². The summed E-state index contributed by atoms with van der Waals surface area (Å²) in [5.74, 6) is -0.264. The van der Waals surface area contributed by atoms with Crippen LogP contribution in [0.15, 0.2) is 131 Å². The number of anilines is 3. The smallest absolute Gasteiger partial charge is 0.320 e. The molecule has 2 aliphatic rings. The van der Waals surface area contributed by atoms with Crippen molar-refractivity contribution in [3.8, 4) is 11.1 Å². The van der Waals surface area contributed by atoms with Gasteiger partial charge in [-0.2, -0.15) is 0 Å². The number of nitro benzene ring substituents is 1. The lowest BCUT2D eigenvalue weighted by atomic mass is 9.99. The van der Waals surface area contributed by atoms with Crippen LogP contribution in [-0.2, 0) is 21.4 Å². The van der Waals surface area contributed by atoms with Crippen molar-refractivity contribution in [3.05, 3.63) is 142 Å². The van der Waals surface area contributed by atoms with Gasteiger partial charge in [-0.3, -0.25) is 29.4 Å². The summed E-state index contributed by atoms with van der Waals surface area (Å²) in [5.41, 5.74) is 4.83. The van der Waals surface area contributed by atoms with Crippen molar-refractivity contribution in [3.63, 3.8) is 0 Å². The van der Waals surface area contributed by atoms with Gasteiger partial charge in [-0.15, -0.1) is 11.8 Å². The molecule has 0 saturated carbocycles. The van der Waals surface area contributed by atoms with Crippen molar-refractivity contribution < 1.29 is 23.2 Å². The first kappa shape index (κ1) is 43.9. The van der Waals surface area contributed by atoms with E-state index in [1.165, 1.54) is 29.6 Å². The third kappa shape index (κ3) is 10.7.